The van der Waals surface area contributed by atoms with E-state index in [4.69, 9.17) is 22.1 Å². The number of amides is 1. The van der Waals surface area contributed by atoms with Crippen molar-refractivity contribution in [1.29, 1.82) is 0 Å². The maximum absolute atomic E-state index is 12.1. The van der Waals surface area contributed by atoms with Crippen LogP contribution in [-0.2, 0) is 11.4 Å². The topological polar surface area (TPSA) is 77.2 Å². The van der Waals surface area contributed by atoms with Gasteiger partial charge in [0, 0.05) is 11.9 Å². The molecule has 0 radical (unpaired) electrons. The SMILES string of the molecule is CCC(C)C(N)C(=O)Nc1ccc(OCc2ccccn2)c(Cl)c1. The van der Waals surface area contributed by atoms with Crippen molar-refractivity contribution >= 4 is 23.2 Å². The van der Waals surface area contributed by atoms with Gasteiger partial charge in [-0.25, -0.2) is 0 Å². The molecule has 1 aromatic heterocycles. The number of pyridine rings is 1. The zero-order chi connectivity index (χ0) is 17.5. The van der Waals surface area contributed by atoms with E-state index in [0.29, 0.717) is 23.1 Å². The third-order valence-electron chi connectivity index (χ3n) is 3.86. The van der Waals surface area contributed by atoms with Crippen molar-refractivity contribution in [3.63, 3.8) is 0 Å². The van der Waals surface area contributed by atoms with Crippen LogP contribution in [0, 0.1) is 5.92 Å². The molecule has 2 unspecified atom stereocenters. The van der Waals surface area contributed by atoms with Crippen molar-refractivity contribution in [3.8, 4) is 5.75 Å². The normalized spacial score (nSPS) is 13.2. The molecule has 1 heterocycles. The largest absolute Gasteiger partial charge is 0.486 e. The van der Waals surface area contributed by atoms with Gasteiger partial charge in [0.1, 0.15) is 12.4 Å². The maximum atomic E-state index is 12.1. The molecule has 0 spiro atoms. The molecule has 5 nitrogen and oxygen atoms in total. The lowest BCUT2D eigenvalue weighted by atomic mass is 9.99. The van der Waals surface area contributed by atoms with Gasteiger partial charge in [-0.1, -0.05) is 37.9 Å². The van der Waals surface area contributed by atoms with Crippen molar-refractivity contribution in [3.05, 3.63) is 53.3 Å². The molecule has 128 valence electrons. The highest BCUT2D eigenvalue weighted by Gasteiger charge is 2.19. The second-order valence-electron chi connectivity index (χ2n) is 5.66. The molecule has 2 aromatic rings. The lowest BCUT2D eigenvalue weighted by Crippen LogP contribution is -2.40. The number of carbonyl (C=O) groups excluding carboxylic acids is 1. The third-order valence-corrected chi connectivity index (χ3v) is 4.16. The number of carbonyl (C=O) groups is 1. The van der Waals surface area contributed by atoms with E-state index < -0.39 is 6.04 Å². The second kappa shape index (κ2) is 8.66. The Bertz CT molecular complexity index is 679. The Hall–Kier alpha value is -2.11. The predicted octanol–water partition coefficient (Wildman–Crippen LogP) is 3.63. The van der Waals surface area contributed by atoms with E-state index in [1.54, 1.807) is 24.4 Å². The minimum atomic E-state index is -0.547. The summed E-state index contributed by atoms with van der Waals surface area (Å²) in [5, 5.41) is 3.20. The van der Waals surface area contributed by atoms with E-state index in [2.05, 4.69) is 10.3 Å². The number of nitrogens with one attached hydrogen (secondary N) is 1. The van der Waals surface area contributed by atoms with Gasteiger partial charge in [-0.15, -0.1) is 0 Å². The maximum Gasteiger partial charge on any atom is 0.241 e. The summed E-state index contributed by atoms with van der Waals surface area (Å²) in [5.41, 5.74) is 7.32. The van der Waals surface area contributed by atoms with Crippen LogP contribution in [0.3, 0.4) is 0 Å². The lowest BCUT2D eigenvalue weighted by Gasteiger charge is -2.18. The van der Waals surface area contributed by atoms with Crippen LogP contribution in [0.1, 0.15) is 26.0 Å². The van der Waals surface area contributed by atoms with E-state index >= 15 is 0 Å². The fourth-order valence-corrected chi connectivity index (χ4v) is 2.30. The van der Waals surface area contributed by atoms with Gasteiger partial charge in [0.15, 0.2) is 0 Å². The Morgan fingerprint density at radius 3 is 2.79 bits per heavy atom. The Morgan fingerprint density at radius 2 is 2.17 bits per heavy atom. The molecule has 1 aromatic carbocycles. The summed E-state index contributed by atoms with van der Waals surface area (Å²) in [6, 6.07) is 10.2. The number of hydrogen-bond donors (Lipinski definition) is 2. The summed E-state index contributed by atoms with van der Waals surface area (Å²) >= 11 is 6.22. The highest BCUT2D eigenvalue weighted by molar-refractivity contribution is 6.32. The van der Waals surface area contributed by atoms with E-state index in [0.717, 1.165) is 12.1 Å². The first-order valence-electron chi connectivity index (χ1n) is 7.90. The zero-order valence-electron chi connectivity index (χ0n) is 13.8. The fourth-order valence-electron chi connectivity index (χ4n) is 2.07. The van der Waals surface area contributed by atoms with Gasteiger partial charge in [0.2, 0.25) is 5.91 Å². The quantitative estimate of drug-likeness (QED) is 0.801. The van der Waals surface area contributed by atoms with Crippen LogP contribution >= 0.6 is 11.6 Å². The molecule has 0 fully saturated rings. The first-order valence-corrected chi connectivity index (χ1v) is 8.27. The monoisotopic (exact) mass is 347 g/mol. The number of anilines is 1. The van der Waals surface area contributed by atoms with Gasteiger partial charge in [0.05, 0.1) is 16.8 Å². The van der Waals surface area contributed by atoms with Gasteiger partial charge in [-0.2, -0.15) is 0 Å². The number of ether oxygens (including phenoxy) is 1. The van der Waals surface area contributed by atoms with Gasteiger partial charge in [-0.05, 0) is 36.2 Å². The summed E-state index contributed by atoms with van der Waals surface area (Å²) < 4.78 is 5.65. The van der Waals surface area contributed by atoms with E-state index in [9.17, 15) is 4.79 Å². The van der Waals surface area contributed by atoms with E-state index in [1.165, 1.54) is 0 Å². The summed E-state index contributed by atoms with van der Waals surface area (Å²) in [7, 11) is 0. The average molecular weight is 348 g/mol. The minimum Gasteiger partial charge on any atom is -0.486 e. The fraction of sp³-hybridized carbons (Fsp3) is 0.333. The summed E-state index contributed by atoms with van der Waals surface area (Å²) in [6.07, 6.45) is 2.55. The molecule has 24 heavy (non-hydrogen) atoms. The molecular weight excluding hydrogens is 326 g/mol. The molecule has 0 saturated heterocycles. The molecule has 0 saturated carbocycles. The number of nitrogens with two attached hydrogens (primary N) is 1. The molecule has 0 aliphatic carbocycles. The van der Waals surface area contributed by atoms with Crippen LogP contribution in [-0.4, -0.2) is 16.9 Å². The minimum absolute atomic E-state index is 0.112. The molecule has 1 amide bonds. The van der Waals surface area contributed by atoms with Gasteiger partial charge >= 0.3 is 0 Å². The highest BCUT2D eigenvalue weighted by atomic mass is 35.5. The van der Waals surface area contributed by atoms with Gasteiger partial charge in [-0.3, -0.25) is 9.78 Å². The van der Waals surface area contributed by atoms with Crippen molar-refractivity contribution in [1.82, 2.24) is 4.98 Å². The predicted molar refractivity (Wildman–Crippen MR) is 96.1 cm³/mol. The molecule has 0 bridgehead atoms. The smallest absolute Gasteiger partial charge is 0.241 e. The second-order valence-corrected chi connectivity index (χ2v) is 6.06. The Balaban J connectivity index is 1.98. The zero-order valence-corrected chi connectivity index (χ0v) is 14.6. The summed E-state index contributed by atoms with van der Waals surface area (Å²) in [4.78, 5) is 16.3. The van der Waals surface area contributed by atoms with E-state index in [1.807, 2.05) is 32.0 Å². The number of benzene rings is 1. The van der Waals surface area contributed by atoms with Crippen molar-refractivity contribution < 1.29 is 9.53 Å². The number of rotatable bonds is 7. The third kappa shape index (κ3) is 4.94. The molecule has 3 N–H and O–H groups in total. The highest BCUT2D eigenvalue weighted by Crippen LogP contribution is 2.28. The molecule has 0 aliphatic rings. The van der Waals surface area contributed by atoms with E-state index in [-0.39, 0.29) is 11.8 Å². The summed E-state index contributed by atoms with van der Waals surface area (Å²) in [5.74, 6) is 0.426. The van der Waals surface area contributed by atoms with Crippen molar-refractivity contribution in [2.45, 2.75) is 32.9 Å². The van der Waals surface area contributed by atoms with Crippen LogP contribution in [0.5, 0.6) is 5.75 Å². The number of hydrogen-bond acceptors (Lipinski definition) is 4. The number of aromatic nitrogens is 1. The first-order chi connectivity index (χ1) is 11.5. The number of nitrogens with zero attached hydrogens (tertiary/aromatic N) is 1. The Morgan fingerprint density at radius 1 is 1.38 bits per heavy atom. The first kappa shape index (κ1) is 18.2. The van der Waals surface area contributed by atoms with Crippen LogP contribution in [0.25, 0.3) is 0 Å². The summed E-state index contributed by atoms with van der Waals surface area (Å²) in [6.45, 7) is 4.28. The Labute approximate surface area is 147 Å². The molecule has 2 rings (SSSR count). The molecule has 6 heteroatoms. The van der Waals surface area contributed by atoms with Crippen LogP contribution in [0.4, 0.5) is 5.69 Å². The van der Waals surface area contributed by atoms with Gasteiger partial charge < -0.3 is 15.8 Å². The molecule has 2 atom stereocenters. The standard InChI is InChI=1S/C18H22ClN3O2/c1-3-12(2)17(20)18(23)22-13-7-8-16(15(19)10-13)24-11-14-6-4-5-9-21-14/h4-10,12,17H,3,11,20H2,1-2H3,(H,22,23). The van der Waals surface area contributed by atoms with Crippen molar-refractivity contribution in [2.24, 2.45) is 11.7 Å². The molecular formula is C18H22ClN3O2. The van der Waals surface area contributed by atoms with Gasteiger partial charge in [0.25, 0.3) is 0 Å². The van der Waals surface area contributed by atoms with Crippen LogP contribution < -0.4 is 15.8 Å². The Kier molecular flexibility index (Phi) is 6.58. The lowest BCUT2D eigenvalue weighted by molar-refractivity contribution is -0.118. The van der Waals surface area contributed by atoms with Crippen molar-refractivity contribution in [2.75, 3.05) is 5.32 Å². The van der Waals surface area contributed by atoms with Crippen LogP contribution in [0.2, 0.25) is 5.02 Å². The average Bonchev–Trinajstić information content (AvgIpc) is 2.60. The van der Waals surface area contributed by atoms with Crippen LogP contribution in [0.15, 0.2) is 42.6 Å². The molecule has 0 aliphatic heterocycles. The number of halogens is 1.